The molecule has 16 heavy (non-hydrogen) atoms. The molecule has 0 bridgehead atoms. The highest BCUT2D eigenvalue weighted by Gasteiger charge is 2.38. The molecule has 0 saturated carbocycles. The van der Waals surface area contributed by atoms with Gasteiger partial charge in [-0.2, -0.15) is 0 Å². The molecule has 0 unspecified atom stereocenters. The van der Waals surface area contributed by atoms with E-state index in [2.05, 4.69) is 17.1 Å². The quantitative estimate of drug-likeness (QED) is 0.717. The van der Waals surface area contributed by atoms with Crippen LogP contribution in [0.3, 0.4) is 0 Å². The number of anilines is 1. The largest absolute Gasteiger partial charge is 0.364 e. The van der Waals surface area contributed by atoms with Crippen molar-refractivity contribution in [3.63, 3.8) is 0 Å². The molecule has 1 fully saturated rings. The fourth-order valence-electron chi connectivity index (χ4n) is 1.72. The Kier molecular flexibility index (Phi) is 2.51. The number of hydrogen-bond donors (Lipinski definition) is 2. The number of primary amides is 1. The molecule has 2 rings (SSSR count). The third kappa shape index (κ3) is 1.83. The summed E-state index contributed by atoms with van der Waals surface area (Å²) in [7, 11) is 0. The lowest BCUT2D eigenvalue weighted by Gasteiger charge is -2.47. The number of nitrogens with zero attached hydrogens (tertiary/aromatic N) is 3. The highest BCUT2D eigenvalue weighted by atomic mass is 16.1. The second kappa shape index (κ2) is 3.71. The SMILES string of the molecule is CCC1(N)CN(c2ccc(C(N)=O)nn2)C1. The van der Waals surface area contributed by atoms with E-state index in [1.54, 1.807) is 12.1 Å². The van der Waals surface area contributed by atoms with Gasteiger partial charge >= 0.3 is 0 Å². The lowest BCUT2D eigenvalue weighted by molar-refractivity contribution is 0.0994. The van der Waals surface area contributed by atoms with Crippen LogP contribution in [0.5, 0.6) is 0 Å². The van der Waals surface area contributed by atoms with E-state index in [1.807, 2.05) is 4.90 Å². The van der Waals surface area contributed by atoms with E-state index in [4.69, 9.17) is 11.5 Å². The number of hydrogen-bond acceptors (Lipinski definition) is 5. The summed E-state index contributed by atoms with van der Waals surface area (Å²) in [4.78, 5) is 12.8. The zero-order valence-electron chi connectivity index (χ0n) is 9.18. The van der Waals surface area contributed by atoms with Gasteiger partial charge in [0.25, 0.3) is 5.91 Å². The molecule has 0 aliphatic carbocycles. The minimum absolute atomic E-state index is 0.107. The van der Waals surface area contributed by atoms with Gasteiger partial charge in [0.05, 0.1) is 5.54 Å². The third-order valence-electron chi connectivity index (χ3n) is 2.94. The lowest BCUT2D eigenvalue weighted by atomic mass is 9.88. The lowest BCUT2D eigenvalue weighted by Crippen LogP contribution is -2.67. The number of nitrogens with two attached hydrogens (primary N) is 2. The first-order chi connectivity index (χ1) is 7.54. The molecule has 0 spiro atoms. The maximum atomic E-state index is 10.8. The van der Waals surface area contributed by atoms with E-state index >= 15 is 0 Å². The summed E-state index contributed by atoms with van der Waals surface area (Å²) in [5.41, 5.74) is 11.2. The van der Waals surface area contributed by atoms with Crippen LogP contribution in [0.15, 0.2) is 12.1 Å². The van der Waals surface area contributed by atoms with Gasteiger partial charge in [-0.05, 0) is 18.6 Å². The molecule has 1 aliphatic rings. The van der Waals surface area contributed by atoms with Gasteiger partial charge in [-0.1, -0.05) is 6.92 Å². The molecular weight excluding hydrogens is 206 g/mol. The van der Waals surface area contributed by atoms with Gasteiger partial charge in [-0.3, -0.25) is 4.79 Å². The summed E-state index contributed by atoms with van der Waals surface area (Å²) >= 11 is 0. The highest BCUT2D eigenvalue weighted by Crippen LogP contribution is 2.25. The summed E-state index contributed by atoms with van der Waals surface area (Å²) in [6.07, 6.45) is 0.941. The average molecular weight is 221 g/mol. The Morgan fingerprint density at radius 1 is 1.50 bits per heavy atom. The van der Waals surface area contributed by atoms with Crippen LogP contribution in [-0.2, 0) is 0 Å². The minimum atomic E-state index is -0.565. The molecule has 2 heterocycles. The van der Waals surface area contributed by atoms with E-state index in [1.165, 1.54) is 0 Å². The van der Waals surface area contributed by atoms with E-state index in [0.717, 1.165) is 25.3 Å². The Labute approximate surface area is 93.6 Å². The maximum absolute atomic E-state index is 10.8. The van der Waals surface area contributed by atoms with Crippen LogP contribution in [0.2, 0.25) is 0 Å². The summed E-state index contributed by atoms with van der Waals surface area (Å²) in [5, 5.41) is 7.69. The third-order valence-corrected chi connectivity index (χ3v) is 2.94. The van der Waals surface area contributed by atoms with Crippen molar-refractivity contribution >= 4 is 11.7 Å². The molecule has 1 aromatic rings. The van der Waals surface area contributed by atoms with Crippen molar-refractivity contribution in [1.29, 1.82) is 0 Å². The van der Waals surface area contributed by atoms with Gasteiger partial charge in [0, 0.05) is 13.1 Å². The molecule has 1 saturated heterocycles. The molecule has 1 aromatic heterocycles. The number of rotatable bonds is 3. The zero-order chi connectivity index (χ0) is 11.8. The molecule has 6 heteroatoms. The van der Waals surface area contributed by atoms with E-state index < -0.39 is 5.91 Å². The van der Waals surface area contributed by atoms with Gasteiger partial charge in [-0.25, -0.2) is 0 Å². The standard InChI is InChI=1S/C10H15N5O/c1-2-10(12)5-15(6-10)8-4-3-7(9(11)16)13-14-8/h3-4H,2,5-6,12H2,1H3,(H2,11,16). The topological polar surface area (TPSA) is 98.1 Å². The predicted molar refractivity (Wildman–Crippen MR) is 60.0 cm³/mol. The fraction of sp³-hybridized carbons (Fsp3) is 0.500. The first-order valence-electron chi connectivity index (χ1n) is 5.21. The van der Waals surface area contributed by atoms with Gasteiger partial charge in [0.2, 0.25) is 0 Å². The average Bonchev–Trinajstić information content (AvgIpc) is 2.25. The van der Waals surface area contributed by atoms with Crippen molar-refractivity contribution in [3.8, 4) is 0 Å². The smallest absolute Gasteiger partial charge is 0.269 e. The molecule has 1 aliphatic heterocycles. The summed E-state index contributed by atoms with van der Waals surface area (Å²) < 4.78 is 0. The van der Waals surface area contributed by atoms with Crippen LogP contribution in [0, 0.1) is 0 Å². The molecule has 4 N–H and O–H groups in total. The predicted octanol–water partition coefficient (Wildman–Crippen LogP) is -0.497. The van der Waals surface area contributed by atoms with Crippen molar-refractivity contribution < 1.29 is 4.79 Å². The van der Waals surface area contributed by atoms with Crippen LogP contribution in [0.25, 0.3) is 0 Å². The number of carbonyl (C=O) groups is 1. The molecule has 0 aromatic carbocycles. The summed E-state index contributed by atoms with van der Waals surface area (Å²) in [6.45, 7) is 3.61. The number of amides is 1. The first kappa shape index (κ1) is 10.8. The molecule has 86 valence electrons. The molecule has 1 amide bonds. The van der Waals surface area contributed by atoms with Gasteiger partial charge in [0.15, 0.2) is 11.5 Å². The molecule has 0 atom stereocenters. The maximum Gasteiger partial charge on any atom is 0.269 e. The van der Waals surface area contributed by atoms with E-state index in [-0.39, 0.29) is 11.2 Å². The van der Waals surface area contributed by atoms with E-state index in [0.29, 0.717) is 0 Å². The number of aromatic nitrogens is 2. The normalized spacial score (nSPS) is 18.0. The van der Waals surface area contributed by atoms with Gasteiger partial charge in [0.1, 0.15) is 0 Å². The number of carbonyl (C=O) groups excluding carboxylic acids is 1. The Hall–Kier alpha value is -1.69. The molecule has 0 radical (unpaired) electrons. The van der Waals surface area contributed by atoms with Gasteiger partial charge < -0.3 is 16.4 Å². The molecule has 6 nitrogen and oxygen atoms in total. The monoisotopic (exact) mass is 221 g/mol. The van der Waals surface area contributed by atoms with Crippen molar-refractivity contribution in [2.45, 2.75) is 18.9 Å². The summed E-state index contributed by atoms with van der Waals surface area (Å²) in [5.74, 6) is 0.170. The van der Waals surface area contributed by atoms with Crippen LogP contribution < -0.4 is 16.4 Å². The van der Waals surface area contributed by atoms with Crippen molar-refractivity contribution in [1.82, 2.24) is 10.2 Å². The Bertz CT molecular complexity index is 396. The second-order valence-corrected chi connectivity index (χ2v) is 4.21. The van der Waals surface area contributed by atoms with Crippen LogP contribution in [-0.4, -0.2) is 34.7 Å². The Morgan fingerprint density at radius 3 is 2.62 bits per heavy atom. The van der Waals surface area contributed by atoms with Gasteiger partial charge in [-0.15, -0.1) is 10.2 Å². The van der Waals surface area contributed by atoms with Crippen molar-refractivity contribution in [2.75, 3.05) is 18.0 Å². The highest BCUT2D eigenvalue weighted by molar-refractivity contribution is 5.90. The van der Waals surface area contributed by atoms with Crippen molar-refractivity contribution in [2.24, 2.45) is 11.5 Å². The Balaban J connectivity index is 2.05. The molecular formula is C10H15N5O. The minimum Gasteiger partial charge on any atom is -0.364 e. The first-order valence-corrected chi connectivity index (χ1v) is 5.21. The van der Waals surface area contributed by atoms with E-state index in [9.17, 15) is 4.79 Å². The van der Waals surface area contributed by atoms with Crippen molar-refractivity contribution in [3.05, 3.63) is 17.8 Å². The van der Waals surface area contributed by atoms with Crippen LogP contribution >= 0.6 is 0 Å². The zero-order valence-corrected chi connectivity index (χ0v) is 9.18. The summed E-state index contributed by atoms with van der Waals surface area (Å²) in [6, 6.07) is 3.31. The fourth-order valence-corrected chi connectivity index (χ4v) is 1.72. The second-order valence-electron chi connectivity index (χ2n) is 4.21. The van der Waals surface area contributed by atoms with Crippen LogP contribution in [0.1, 0.15) is 23.8 Å². The Morgan fingerprint density at radius 2 is 2.19 bits per heavy atom. The van der Waals surface area contributed by atoms with Crippen LogP contribution in [0.4, 0.5) is 5.82 Å².